The number of aliphatic imine (C=N–C) groups is 1. The van der Waals surface area contributed by atoms with Crippen LogP contribution < -0.4 is 14.8 Å². The van der Waals surface area contributed by atoms with Crippen LogP contribution in [0.2, 0.25) is 10.0 Å². The van der Waals surface area contributed by atoms with Gasteiger partial charge in [-0.1, -0.05) is 47.5 Å². The number of ether oxygens (including phenoxy) is 2. The van der Waals surface area contributed by atoms with E-state index in [4.69, 9.17) is 37.7 Å². The van der Waals surface area contributed by atoms with E-state index in [0.29, 0.717) is 10.0 Å². The van der Waals surface area contributed by atoms with Crippen LogP contribution in [0.5, 0.6) is 11.5 Å². The lowest BCUT2D eigenvalue weighted by atomic mass is 9.95. The van der Waals surface area contributed by atoms with Crippen LogP contribution in [0.4, 0.5) is 0 Å². The Hall–Kier alpha value is -2.69. The normalized spacial score (nSPS) is 17.8. The number of benzene rings is 3. The van der Waals surface area contributed by atoms with Crippen molar-refractivity contribution >= 4 is 29.0 Å². The minimum Gasteiger partial charge on any atom is -0.491 e. The molecule has 3 aromatic carbocycles. The van der Waals surface area contributed by atoms with Crippen LogP contribution in [-0.2, 0) is 0 Å². The maximum Gasteiger partial charge on any atom is 0.134 e. The Morgan fingerprint density at radius 1 is 0.758 bits per heavy atom. The molecule has 0 aromatic heterocycles. The van der Waals surface area contributed by atoms with Gasteiger partial charge in [-0.15, -0.1) is 0 Å². The van der Waals surface area contributed by atoms with E-state index < -0.39 is 0 Å². The summed E-state index contributed by atoms with van der Waals surface area (Å²) in [5.41, 5.74) is 3.08. The van der Waals surface area contributed by atoms with Crippen molar-refractivity contribution in [3.63, 3.8) is 0 Å². The maximum absolute atomic E-state index is 6.16. The molecular weight excluding hydrogens is 455 g/mol. The molecule has 1 heterocycles. The van der Waals surface area contributed by atoms with Gasteiger partial charge in [0.25, 0.3) is 0 Å². The third-order valence-corrected chi connectivity index (χ3v) is 5.76. The van der Waals surface area contributed by atoms with E-state index in [1.807, 2.05) is 94.4 Å². The average molecular weight is 483 g/mol. The summed E-state index contributed by atoms with van der Waals surface area (Å²) in [6.45, 7) is 8.03. The fraction of sp³-hybridized carbons (Fsp3) is 0.296. The summed E-state index contributed by atoms with van der Waals surface area (Å²) in [6.07, 6.45) is 0.0902. The van der Waals surface area contributed by atoms with E-state index in [0.717, 1.165) is 34.0 Å². The Kier molecular flexibility index (Phi) is 7.16. The van der Waals surface area contributed by atoms with Crippen LogP contribution >= 0.6 is 23.2 Å². The van der Waals surface area contributed by atoms with Gasteiger partial charge in [-0.2, -0.15) is 0 Å². The van der Waals surface area contributed by atoms with Crippen molar-refractivity contribution in [2.45, 2.75) is 52.0 Å². The first-order valence-electron chi connectivity index (χ1n) is 11.1. The van der Waals surface area contributed by atoms with Crippen molar-refractivity contribution in [1.82, 2.24) is 5.32 Å². The summed E-state index contributed by atoms with van der Waals surface area (Å²) >= 11 is 12.3. The molecule has 0 aliphatic carbocycles. The number of rotatable bonds is 7. The number of hydrogen-bond donors (Lipinski definition) is 1. The average Bonchev–Trinajstić information content (AvgIpc) is 3.19. The fourth-order valence-electron chi connectivity index (χ4n) is 3.88. The van der Waals surface area contributed by atoms with Gasteiger partial charge in [-0.3, -0.25) is 4.99 Å². The number of nitrogens with one attached hydrogen (secondary N) is 1. The minimum atomic E-state index is -0.128. The first kappa shape index (κ1) is 23.5. The highest BCUT2D eigenvalue weighted by molar-refractivity contribution is 6.30. The Morgan fingerprint density at radius 2 is 1.33 bits per heavy atom. The second kappa shape index (κ2) is 10.1. The summed E-state index contributed by atoms with van der Waals surface area (Å²) in [6, 6.07) is 21.4. The Morgan fingerprint density at radius 3 is 1.91 bits per heavy atom. The van der Waals surface area contributed by atoms with Gasteiger partial charge in [-0.05, 0) is 75.2 Å². The first-order chi connectivity index (χ1) is 15.8. The third kappa shape index (κ3) is 5.63. The molecule has 0 bridgehead atoms. The van der Waals surface area contributed by atoms with E-state index in [2.05, 4.69) is 5.32 Å². The zero-order valence-electron chi connectivity index (χ0n) is 19.2. The summed E-state index contributed by atoms with van der Waals surface area (Å²) in [7, 11) is 0. The van der Waals surface area contributed by atoms with Crippen molar-refractivity contribution in [2.75, 3.05) is 0 Å². The van der Waals surface area contributed by atoms with E-state index in [9.17, 15) is 0 Å². The highest BCUT2D eigenvalue weighted by Gasteiger charge is 2.33. The molecule has 0 radical (unpaired) electrons. The van der Waals surface area contributed by atoms with E-state index >= 15 is 0 Å². The summed E-state index contributed by atoms with van der Waals surface area (Å²) < 4.78 is 12.0. The number of amidine groups is 1. The standard InChI is InChI=1S/C27H28Cl2N2O2/c1-16(2)32-22-13-14-23(24(15-22)33-17(3)4)27-30-25(18-5-9-20(28)10-6-18)26(31-27)19-7-11-21(29)12-8-19/h5-17,25-26H,1-4H3,(H,30,31)/t25-,26+. The smallest absolute Gasteiger partial charge is 0.134 e. The fourth-order valence-corrected chi connectivity index (χ4v) is 4.13. The molecule has 0 fully saturated rings. The molecular formula is C27H28Cl2N2O2. The van der Waals surface area contributed by atoms with Crippen LogP contribution in [0.15, 0.2) is 71.7 Å². The molecule has 4 rings (SSSR count). The molecule has 0 saturated carbocycles. The molecule has 2 atom stereocenters. The van der Waals surface area contributed by atoms with Crippen molar-refractivity contribution in [2.24, 2.45) is 4.99 Å². The van der Waals surface area contributed by atoms with Gasteiger partial charge in [0.05, 0.1) is 23.8 Å². The van der Waals surface area contributed by atoms with Gasteiger partial charge < -0.3 is 14.8 Å². The largest absolute Gasteiger partial charge is 0.491 e. The van der Waals surface area contributed by atoms with Gasteiger partial charge >= 0.3 is 0 Å². The quantitative estimate of drug-likeness (QED) is 0.381. The SMILES string of the molecule is CC(C)Oc1ccc(C2=N[C@H](c3ccc(Cl)cc3)[C@H](c3ccc(Cl)cc3)N2)c(OC(C)C)c1. The topological polar surface area (TPSA) is 42.8 Å². The Bertz CT molecular complexity index is 1130. The van der Waals surface area contributed by atoms with Crippen molar-refractivity contribution < 1.29 is 9.47 Å². The second-order valence-electron chi connectivity index (χ2n) is 8.64. The minimum absolute atomic E-state index is 0.0131. The van der Waals surface area contributed by atoms with E-state index in [1.54, 1.807) is 0 Å². The zero-order chi connectivity index (χ0) is 23.5. The highest BCUT2D eigenvalue weighted by atomic mass is 35.5. The first-order valence-corrected chi connectivity index (χ1v) is 11.9. The zero-order valence-corrected chi connectivity index (χ0v) is 20.7. The monoisotopic (exact) mass is 482 g/mol. The van der Waals surface area contributed by atoms with Gasteiger partial charge in [0.1, 0.15) is 23.4 Å². The van der Waals surface area contributed by atoms with Crippen molar-refractivity contribution in [3.8, 4) is 11.5 Å². The second-order valence-corrected chi connectivity index (χ2v) is 9.51. The molecule has 1 N–H and O–H groups in total. The van der Waals surface area contributed by atoms with Crippen molar-refractivity contribution in [3.05, 3.63) is 93.5 Å². The number of halogens is 2. The summed E-state index contributed by atoms with van der Waals surface area (Å²) in [5.74, 6) is 2.29. The van der Waals surface area contributed by atoms with Crippen LogP contribution in [0, 0.1) is 0 Å². The highest BCUT2D eigenvalue weighted by Crippen LogP contribution is 2.39. The van der Waals surface area contributed by atoms with Crippen LogP contribution in [0.25, 0.3) is 0 Å². The lowest BCUT2D eigenvalue weighted by molar-refractivity contribution is 0.229. The maximum atomic E-state index is 6.16. The van der Waals surface area contributed by atoms with Gasteiger partial charge in [0, 0.05) is 16.1 Å². The molecule has 3 aromatic rings. The molecule has 1 aliphatic rings. The summed E-state index contributed by atoms with van der Waals surface area (Å²) in [5, 5.41) is 5.04. The molecule has 172 valence electrons. The molecule has 0 saturated heterocycles. The molecule has 0 spiro atoms. The van der Waals surface area contributed by atoms with Gasteiger partial charge in [0.2, 0.25) is 0 Å². The molecule has 4 nitrogen and oxygen atoms in total. The van der Waals surface area contributed by atoms with E-state index in [-0.39, 0.29) is 24.3 Å². The molecule has 6 heteroatoms. The lowest BCUT2D eigenvalue weighted by Gasteiger charge is -2.20. The van der Waals surface area contributed by atoms with Crippen LogP contribution in [0.3, 0.4) is 0 Å². The summed E-state index contributed by atoms with van der Waals surface area (Å²) in [4.78, 5) is 5.11. The third-order valence-electron chi connectivity index (χ3n) is 5.26. The molecule has 1 aliphatic heterocycles. The predicted octanol–water partition coefficient (Wildman–Crippen LogP) is 7.40. The van der Waals surface area contributed by atoms with Gasteiger partial charge in [-0.25, -0.2) is 0 Å². The van der Waals surface area contributed by atoms with Gasteiger partial charge in [0.15, 0.2) is 0 Å². The predicted molar refractivity (Wildman–Crippen MR) is 136 cm³/mol. The Balaban J connectivity index is 1.75. The van der Waals surface area contributed by atoms with Crippen molar-refractivity contribution in [1.29, 1.82) is 0 Å². The van der Waals surface area contributed by atoms with Crippen LogP contribution in [-0.4, -0.2) is 18.0 Å². The molecule has 33 heavy (non-hydrogen) atoms. The molecule has 0 amide bonds. The molecule has 0 unspecified atom stereocenters. The van der Waals surface area contributed by atoms with E-state index in [1.165, 1.54) is 0 Å². The van der Waals surface area contributed by atoms with Crippen LogP contribution in [0.1, 0.15) is 56.5 Å². The number of nitrogens with zero attached hydrogens (tertiary/aromatic N) is 1. The number of hydrogen-bond acceptors (Lipinski definition) is 4. The lowest BCUT2D eigenvalue weighted by Crippen LogP contribution is -2.26. The Labute approximate surface area is 205 Å².